The van der Waals surface area contributed by atoms with Crippen LogP contribution in [0, 0.1) is 5.82 Å². The molecule has 0 spiro atoms. The minimum Gasteiger partial charge on any atom is -0.366 e. The molecular weight excluding hydrogens is 341 g/mol. The van der Waals surface area contributed by atoms with Crippen molar-refractivity contribution >= 4 is 28.6 Å². The van der Waals surface area contributed by atoms with Crippen molar-refractivity contribution in [3.8, 4) is 0 Å². The number of halogens is 1. The molecule has 1 aromatic carbocycles. The lowest BCUT2D eigenvalue weighted by molar-refractivity contribution is -0.113. The second-order valence-corrected chi connectivity index (χ2v) is 6.96. The van der Waals surface area contributed by atoms with Crippen LogP contribution in [0.15, 0.2) is 35.4 Å². The number of benzene rings is 1. The molecule has 5 N–H and O–H groups in total. The summed E-state index contributed by atoms with van der Waals surface area (Å²) >= 11 is 1.18. The minimum absolute atomic E-state index is 0.244. The maximum absolute atomic E-state index is 13.8. The number of rotatable bonds is 7. The van der Waals surface area contributed by atoms with Gasteiger partial charge in [0, 0.05) is 11.0 Å². The molecule has 1 unspecified atom stereocenters. The van der Waals surface area contributed by atoms with E-state index in [1.165, 1.54) is 17.8 Å². The normalized spacial score (nSPS) is 16.8. The van der Waals surface area contributed by atoms with Crippen LogP contribution in [0.25, 0.3) is 4.91 Å². The number of urea groups is 1. The summed E-state index contributed by atoms with van der Waals surface area (Å²) in [6.07, 6.45) is 7.09. The van der Waals surface area contributed by atoms with Crippen molar-refractivity contribution in [2.75, 3.05) is 0 Å². The lowest BCUT2D eigenvalue weighted by Crippen LogP contribution is -2.28. The summed E-state index contributed by atoms with van der Waals surface area (Å²) in [6, 6.07) is 3.93. The van der Waals surface area contributed by atoms with Gasteiger partial charge in [0.15, 0.2) is 0 Å². The van der Waals surface area contributed by atoms with Crippen LogP contribution in [-0.4, -0.2) is 11.9 Å². The van der Waals surface area contributed by atoms with Crippen molar-refractivity contribution in [2.24, 2.45) is 11.5 Å². The van der Waals surface area contributed by atoms with Gasteiger partial charge in [-0.3, -0.25) is 4.79 Å². The summed E-state index contributed by atoms with van der Waals surface area (Å²) in [5.41, 5.74) is 12.2. The lowest BCUT2D eigenvalue weighted by Gasteiger charge is -2.26. The molecule has 0 radical (unpaired) electrons. The molecule has 2 rings (SSSR count). The molecule has 134 valence electrons. The van der Waals surface area contributed by atoms with Crippen LogP contribution in [0.2, 0.25) is 0 Å². The van der Waals surface area contributed by atoms with Gasteiger partial charge in [0.05, 0.1) is 5.03 Å². The van der Waals surface area contributed by atoms with Gasteiger partial charge in [-0.05, 0) is 42.0 Å². The second-order valence-electron chi connectivity index (χ2n) is 5.88. The predicted molar refractivity (Wildman–Crippen MR) is 98.8 cm³/mol. The number of thioether (sulfide) groups is 1. The van der Waals surface area contributed by atoms with E-state index < -0.39 is 11.9 Å². The number of nitrogens with one attached hydrogen (secondary N) is 1. The van der Waals surface area contributed by atoms with Gasteiger partial charge in [-0.2, -0.15) is 0 Å². The van der Waals surface area contributed by atoms with Crippen LogP contribution >= 0.6 is 11.8 Å². The molecule has 0 heterocycles. The summed E-state index contributed by atoms with van der Waals surface area (Å²) in [7, 11) is 0. The Labute approximate surface area is 150 Å². The molecule has 25 heavy (non-hydrogen) atoms. The van der Waals surface area contributed by atoms with Gasteiger partial charge >= 0.3 is 6.03 Å². The van der Waals surface area contributed by atoms with Crippen molar-refractivity contribution in [1.82, 2.24) is 5.32 Å². The van der Waals surface area contributed by atoms with Crippen LogP contribution in [0.3, 0.4) is 0 Å². The van der Waals surface area contributed by atoms with Crippen LogP contribution in [0.1, 0.15) is 49.7 Å². The third kappa shape index (κ3) is 5.35. The molecule has 1 aromatic rings. The van der Waals surface area contributed by atoms with Crippen LogP contribution in [0.5, 0.6) is 0 Å². The topological polar surface area (TPSA) is 98.2 Å². The van der Waals surface area contributed by atoms with Gasteiger partial charge < -0.3 is 16.8 Å². The standard InChI is InChI=1S/C18H22FN3O2S/c1-2-3-4-11-5-8-15(13-7-6-12(19)9-14(11)13)25-17(10-16(20)23)22-18(21)24/h6-11H,2-5H2,1H3,(H2,20,23)(H3,21,22,24)/b17-10+. The first-order valence-electron chi connectivity index (χ1n) is 8.16. The molecule has 0 fully saturated rings. The average Bonchev–Trinajstić information content (AvgIpc) is 2.52. The molecule has 0 bridgehead atoms. The Morgan fingerprint density at radius 2 is 2.16 bits per heavy atom. The molecule has 0 aromatic heterocycles. The van der Waals surface area contributed by atoms with Crippen molar-refractivity contribution in [3.63, 3.8) is 0 Å². The molecule has 0 aliphatic heterocycles. The van der Waals surface area contributed by atoms with Crippen molar-refractivity contribution in [2.45, 2.75) is 38.5 Å². The van der Waals surface area contributed by atoms with Crippen LogP contribution in [0.4, 0.5) is 9.18 Å². The molecule has 0 saturated carbocycles. The fourth-order valence-corrected chi connectivity index (χ4v) is 3.90. The summed E-state index contributed by atoms with van der Waals surface area (Å²) < 4.78 is 13.8. The first-order chi connectivity index (χ1) is 11.9. The number of allylic oxidation sites excluding steroid dienone is 1. The first-order valence-corrected chi connectivity index (χ1v) is 8.97. The molecule has 7 heteroatoms. The van der Waals surface area contributed by atoms with E-state index in [1.54, 1.807) is 12.1 Å². The Kier molecular flexibility index (Phi) is 6.64. The van der Waals surface area contributed by atoms with E-state index >= 15 is 0 Å². The number of nitrogens with two attached hydrogens (primary N) is 2. The highest BCUT2D eigenvalue weighted by molar-refractivity contribution is 8.11. The Morgan fingerprint density at radius 1 is 1.40 bits per heavy atom. The molecule has 1 atom stereocenters. The van der Waals surface area contributed by atoms with E-state index in [0.717, 1.165) is 47.8 Å². The number of hydrogen-bond acceptors (Lipinski definition) is 3. The first kappa shape index (κ1) is 19.1. The van der Waals surface area contributed by atoms with Gasteiger partial charge in [-0.15, -0.1) is 0 Å². The number of carbonyl (C=O) groups is 2. The Balaban J connectivity index is 2.31. The maximum Gasteiger partial charge on any atom is 0.317 e. The molecule has 3 amide bonds. The zero-order valence-electron chi connectivity index (χ0n) is 14.0. The second kappa shape index (κ2) is 8.71. The van der Waals surface area contributed by atoms with Crippen molar-refractivity contribution in [3.05, 3.63) is 52.3 Å². The number of unbranched alkanes of at least 4 members (excludes halogenated alkanes) is 1. The fourth-order valence-electron chi connectivity index (χ4n) is 2.86. The third-order valence-corrected chi connectivity index (χ3v) is 5.00. The van der Waals surface area contributed by atoms with Crippen LogP contribution < -0.4 is 16.8 Å². The zero-order valence-corrected chi connectivity index (χ0v) is 14.9. The minimum atomic E-state index is -0.781. The molecule has 5 nitrogen and oxygen atoms in total. The third-order valence-electron chi connectivity index (χ3n) is 3.95. The summed E-state index contributed by atoms with van der Waals surface area (Å²) in [4.78, 5) is 23.1. The molecule has 0 saturated heterocycles. The number of carbonyl (C=O) groups excluding carboxylic acids is 2. The number of primary amides is 2. The zero-order chi connectivity index (χ0) is 18.4. The summed E-state index contributed by atoms with van der Waals surface area (Å²) in [5, 5.41) is 2.64. The summed E-state index contributed by atoms with van der Waals surface area (Å²) in [6.45, 7) is 2.13. The van der Waals surface area contributed by atoms with Gasteiger partial charge in [-0.1, -0.05) is 43.7 Å². The fraction of sp³-hybridized carbons (Fsp3) is 0.333. The highest BCUT2D eigenvalue weighted by atomic mass is 32.2. The summed E-state index contributed by atoms with van der Waals surface area (Å²) in [5.74, 6) is -0.690. The quantitative estimate of drug-likeness (QED) is 0.646. The van der Waals surface area contributed by atoms with E-state index in [1.807, 2.05) is 6.08 Å². The van der Waals surface area contributed by atoms with E-state index in [-0.39, 0.29) is 16.8 Å². The predicted octanol–water partition coefficient (Wildman–Crippen LogP) is 3.57. The molecular formula is C18H22FN3O2S. The largest absolute Gasteiger partial charge is 0.366 e. The SMILES string of the molecule is CCCCC1CC=C(S/C(=C/C(N)=O)NC(N)=O)c2ccc(F)cc21. The number of amides is 3. The highest BCUT2D eigenvalue weighted by Crippen LogP contribution is 2.43. The monoisotopic (exact) mass is 363 g/mol. The van der Waals surface area contributed by atoms with Crippen molar-refractivity contribution < 1.29 is 14.0 Å². The molecule has 1 aliphatic carbocycles. The van der Waals surface area contributed by atoms with Gasteiger partial charge in [0.25, 0.3) is 0 Å². The Bertz CT molecular complexity index is 731. The molecule has 1 aliphatic rings. The van der Waals surface area contributed by atoms with Gasteiger partial charge in [0.1, 0.15) is 5.82 Å². The van der Waals surface area contributed by atoms with Gasteiger partial charge in [-0.25, -0.2) is 9.18 Å². The van der Waals surface area contributed by atoms with Crippen molar-refractivity contribution in [1.29, 1.82) is 0 Å². The van der Waals surface area contributed by atoms with Crippen LogP contribution in [-0.2, 0) is 4.79 Å². The number of fused-ring (bicyclic) bond motifs is 1. The van der Waals surface area contributed by atoms with Gasteiger partial charge in [0.2, 0.25) is 5.91 Å². The number of hydrogen-bond donors (Lipinski definition) is 3. The smallest absolute Gasteiger partial charge is 0.317 e. The van der Waals surface area contributed by atoms with E-state index in [9.17, 15) is 14.0 Å². The highest BCUT2D eigenvalue weighted by Gasteiger charge is 2.23. The van der Waals surface area contributed by atoms with E-state index in [0.29, 0.717) is 0 Å². The lowest BCUT2D eigenvalue weighted by atomic mass is 9.84. The average molecular weight is 363 g/mol. The Hall–Kier alpha value is -2.28. The van der Waals surface area contributed by atoms with E-state index in [4.69, 9.17) is 11.5 Å². The Morgan fingerprint density at radius 3 is 2.80 bits per heavy atom. The maximum atomic E-state index is 13.8. The van der Waals surface area contributed by atoms with E-state index in [2.05, 4.69) is 12.2 Å².